The fourth-order valence-electron chi connectivity index (χ4n) is 1.33. The molecular weight excluding hydrogens is 282 g/mol. The summed E-state index contributed by atoms with van der Waals surface area (Å²) in [5.74, 6) is -0.129. The number of hydrogen-bond donors (Lipinski definition) is 1. The number of halogens is 1. The molecule has 86 valence electrons. The summed E-state index contributed by atoms with van der Waals surface area (Å²) in [6.07, 6.45) is 3.10. The van der Waals surface area contributed by atoms with Crippen molar-refractivity contribution in [2.45, 2.75) is 6.54 Å². The number of hydrogen-bond acceptors (Lipinski definition) is 3. The quantitative estimate of drug-likeness (QED) is 0.943. The van der Waals surface area contributed by atoms with E-state index in [1.54, 1.807) is 18.3 Å². The zero-order chi connectivity index (χ0) is 12.1. The monoisotopic (exact) mass is 291 g/mol. The standard InChI is InChI=1S/C12H10BrN3O/c13-11-4-2-1-3-10(11)12(17)15-7-9-5-6-14-8-16-9/h1-6,8H,7H2,(H,15,17). The first-order valence-corrected chi connectivity index (χ1v) is 5.84. The van der Waals surface area contributed by atoms with Crippen LogP contribution in [0.2, 0.25) is 0 Å². The molecule has 1 amide bonds. The van der Waals surface area contributed by atoms with Gasteiger partial charge in [0, 0.05) is 10.7 Å². The van der Waals surface area contributed by atoms with Crippen molar-refractivity contribution in [1.82, 2.24) is 15.3 Å². The van der Waals surface area contributed by atoms with Crippen LogP contribution in [0.15, 0.2) is 47.3 Å². The lowest BCUT2D eigenvalue weighted by molar-refractivity contribution is 0.0949. The molecule has 0 saturated carbocycles. The number of rotatable bonds is 3. The van der Waals surface area contributed by atoms with Gasteiger partial charge in [0.1, 0.15) is 6.33 Å². The molecule has 0 fully saturated rings. The van der Waals surface area contributed by atoms with Crippen LogP contribution < -0.4 is 5.32 Å². The van der Waals surface area contributed by atoms with Crippen molar-refractivity contribution in [3.63, 3.8) is 0 Å². The number of nitrogens with one attached hydrogen (secondary N) is 1. The van der Waals surface area contributed by atoms with Crippen LogP contribution >= 0.6 is 15.9 Å². The summed E-state index contributed by atoms with van der Waals surface area (Å²) in [6.45, 7) is 0.392. The highest BCUT2D eigenvalue weighted by Gasteiger charge is 2.08. The first-order chi connectivity index (χ1) is 8.27. The number of amides is 1. The molecule has 1 N–H and O–H groups in total. The van der Waals surface area contributed by atoms with Gasteiger partial charge in [0.15, 0.2) is 0 Å². The highest BCUT2D eigenvalue weighted by Crippen LogP contribution is 2.15. The van der Waals surface area contributed by atoms with E-state index in [1.165, 1.54) is 6.33 Å². The minimum Gasteiger partial charge on any atom is -0.346 e. The third kappa shape index (κ3) is 3.10. The Morgan fingerprint density at radius 3 is 2.82 bits per heavy atom. The zero-order valence-corrected chi connectivity index (χ0v) is 10.5. The molecule has 0 atom stereocenters. The maximum Gasteiger partial charge on any atom is 0.252 e. The Kier molecular flexibility index (Phi) is 3.82. The molecule has 1 aromatic carbocycles. The van der Waals surface area contributed by atoms with Crippen LogP contribution in [0.3, 0.4) is 0 Å². The van der Waals surface area contributed by atoms with Gasteiger partial charge in [-0.3, -0.25) is 4.79 Å². The smallest absolute Gasteiger partial charge is 0.252 e. The van der Waals surface area contributed by atoms with Gasteiger partial charge in [-0.25, -0.2) is 9.97 Å². The Labute approximate surface area is 107 Å². The lowest BCUT2D eigenvalue weighted by Gasteiger charge is -2.05. The summed E-state index contributed by atoms with van der Waals surface area (Å²) in [4.78, 5) is 19.7. The highest BCUT2D eigenvalue weighted by atomic mass is 79.9. The summed E-state index contributed by atoms with van der Waals surface area (Å²) < 4.78 is 0.778. The van der Waals surface area contributed by atoms with Crippen LogP contribution in [0.1, 0.15) is 16.1 Å². The van der Waals surface area contributed by atoms with E-state index in [0.717, 1.165) is 10.2 Å². The van der Waals surface area contributed by atoms with E-state index in [0.29, 0.717) is 12.1 Å². The average molecular weight is 292 g/mol. The third-order valence-corrected chi connectivity index (χ3v) is 2.88. The van der Waals surface area contributed by atoms with Gasteiger partial charge in [0.2, 0.25) is 0 Å². The van der Waals surface area contributed by atoms with E-state index in [4.69, 9.17) is 0 Å². The van der Waals surface area contributed by atoms with Gasteiger partial charge in [-0.15, -0.1) is 0 Å². The number of nitrogens with zero attached hydrogens (tertiary/aromatic N) is 2. The Balaban J connectivity index is 2.01. The number of carbonyl (C=O) groups excluding carboxylic acids is 1. The molecule has 2 rings (SSSR count). The average Bonchev–Trinajstić information content (AvgIpc) is 2.38. The molecule has 0 aliphatic rings. The second-order valence-corrected chi connectivity index (χ2v) is 4.22. The molecule has 0 radical (unpaired) electrons. The van der Waals surface area contributed by atoms with Gasteiger partial charge in [0.25, 0.3) is 5.91 Å². The fraction of sp³-hybridized carbons (Fsp3) is 0.0833. The zero-order valence-electron chi connectivity index (χ0n) is 8.93. The molecule has 1 aromatic heterocycles. The van der Waals surface area contributed by atoms with E-state index >= 15 is 0 Å². The predicted molar refractivity (Wildman–Crippen MR) is 67.3 cm³/mol. The van der Waals surface area contributed by atoms with Gasteiger partial charge in [-0.2, -0.15) is 0 Å². The molecule has 0 spiro atoms. The van der Waals surface area contributed by atoms with Crippen molar-refractivity contribution in [3.8, 4) is 0 Å². The van der Waals surface area contributed by atoms with Crippen molar-refractivity contribution in [1.29, 1.82) is 0 Å². The summed E-state index contributed by atoms with van der Waals surface area (Å²) in [5.41, 5.74) is 1.39. The van der Waals surface area contributed by atoms with E-state index < -0.39 is 0 Å². The molecule has 4 nitrogen and oxygen atoms in total. The molecular formula is C12H10BrN3O. The molecule has 5 heteroatoms. The molecule has 0 saturated heterocycles. The predicted octanol–water partition coefficient (Wildman–Crippen LogP) is 2.17. The maximum atomic E-state index is 11.9. The third-order valence-electron chi connectivity index (χ3n) is 2.19. The van der Waals surface area contributed by atoms with Crippen molar-refractivity contribution in [2.24, 2.45) is 0 Å². The van der Waals surface area contributed by atoms with E-state index in [1.807, 2.05) is 18.2 Å². The van der Waals surface area contributed by atoms with Crippen molar-refractivity contribution in [3.05, 3.63) is 58.6 Å². The second kappa shape index (κ2) is 5.54. The van der Waals surface area contributed by atoms with Crippen LogP contribution in [0.25, 0.3) is 0 Å². The Morgan fingerprint density at radius 1 is 1.29 bits per heavy atom. The van der Waals surface area contributed by atoms with Gasteiger partial charge in [0.05, 0.1) is 17.8 Å². The van der Waals surface area contributed by atoms with E-state index in [-0.39, 0.29) is 5.91 Å². The molecule has 2 aromatic rings. The van der Waals surface area contributed by atoms with Crippen LogP contribution in [0.4, 0.5) is 0 Å². The Hall–Kier alpha value is -1.75. The normalized spacial score (nSPS) is 9.94. The SMILES string of the molecule is O=C(NCc1ccncn1)c1ccccc1Br. The highest BCUT2D eigenvalue weighted by molar-refractivity contribution is 9.10. The first-order valence-electron chi connectivity index (χ1n) is 5.05. The van der Waals surface area contributed by atoms with E-state index in [2.05, 4.69) is 31.2 Å². The minimum absolute atomic E-state index is 0.129. The van der Waals surface area contributed by atoms with E-state index in [9.17, 15) is 4.79 Å². The van der Waals surface area contributed by atoms with Crippen LogP contribution in [-0.2, 0) is 6.54 Å². The molecule has 0 unspecified atom stereocenters. The minimum atomic E-state index is -0.129. The molecule has 0 bridgehead atoms. The number of carbonyl (C=O) groups is 1. The van der Waals surface area contributed by atoms with Gasteiger partial charge in [-0.05, 0) is 34.1 Å². The van der Waals surface area contributed by atoms with Gasteiger partial charge < -0.3 is 5.32 Å². The van der Waals surface area contributed by atoms with Crippen molar-refractivity contribution in [2.75, 3.05) is 0 Å². The number of aromatic nitrogens is 2. The molecule has 0 aliphatic heterocycles. The number of benzene rings is 1. The summed E-state index contributed by atoms with van der Waals surface area (Å²) in [6, 6.07) is 9.05. The van der Waals surface area contributed by atoms with Crippen LogP contribution in [0.5, 0.6) is 0 Å². The molecule has 1 heterocycles. The van der Waals surface area contributed by atoms with Crippen LogP contribution in [-0.4, -0.2) is 15.9 Å². The molecule has 0 aliphatic carbocycles. The first kappa shape index (κ1) is 11.7. The maximum absolute atomic E-state index is 11.9. The van der Waals surface area contributed by atoms with Crippen molar-refractivity contribution < 1.29 is 4.79 Å². The summed E-state index contributed by atoms with van der Waals surface area (Å²) >= 11 is 3.34. The summed E-state index contributed by atoms with van der Waals surface area (Å²) in [5, 5.41) is 2.80. The lowest BCUT2D eigenvalue weighted by Crippen LogP contribution is -2.23. The van der Waals surface area contributed by atoms with Gasteiger partial charge in [-0.1, -0.05) is 12.1 Å². The lowest BCUT2D eigenvalue weighted by atomic mass is 10.2. The van der Waals surface area contributed by atoms with Crippen molar-refractivity contribution >= 4 is 21.8 Å². The largest absolute Gasteiger partial charge is 0.346 e. The Morgan fingerprint density at radius 2 is 2.12 bits per heavy atom. The van der Waals surface area contributed by atoms with Crippen LogP contribution in [0, 0.1) is 0 Å². The second-order valence-electron chi connectivity index (χ2n) is 3.36. The summed E-state index contributed by atoms with van der Waals surface area (Å²) in [7, 11) is 0. The topological polar surface area (TPSA) is 54.9 Å². The Bertz CT molecular complexity index is 516. The fourth-order valence-corrected chi connectivity index (χ4v) is 1.80. The van der Waals surface area contributed by atoms with Gasteiger partial charge >= 0.3 is 0 Å². The molecule has 17 heavy (non-hydrogen) atoms.